The fourth-order valence-electron chi connectivity index (χ4n) is 4.61. The van der Waals surface area contributed by atoms with Crippen LogP contribution in [0.25, 0.3) is 11.0 Å². The summed E-state index contributed by atoms with van der Waals surface area (Å²) < 4.78 is 15.6. The Bertz CT molecular complexity index is 1230. The second-order valence-electron chi connectivity index (χ2n) is 8.91. The average Bonchev–Trinajstić information content (AvgIpc) is 3.19. The summed E-state index contributed by atoms with van der Waals surface area (Å²) in [7, 11) is 0. The number of nitrogen functional groups attached to an aromatic ring is 1. The van der Waals surface area contributed by atoms with Gasteiger partial charge in [-0.25, -0.2) is 9.37 Å². The van der Waals surface area contributed by atoms with Gasteiger partial charge < -0.3 is 25.8 Å². The number of rotatable bonds is 8. The Labute approximate surface area is 199 Å². The first-order valence-electron chi connectivity index (χ1n) is 11.9. The molecule has 6 nitrogen and oxygen atoms in total. The smallest absolute Gasteiger partial charge is 0.204 e. The van der Waals surface area contributed by atoms with Crippen LogP contribution in [0.5, 0.6) is 0 Å². The van der Waals surface area contributed by atoms with Gasteiger partial charge in [0, 0.05) is 32.2 Å². The topological polar surface area (TPSA) is 71.1 Å². The summed E-state index contributed by atoms with van der Waals surface area (Å²) in [6, 6.07) is 23.1. The predicted octanol–water partition coefficient (Wildman–Crippen LogP) is 4.79. The number of fused-ring (bicyclic) bond motifs is 1. The number of piperidine rings is 1. The summed E-state index contributed by atoms with van der Waals surface area (Å²) in [6.45, 7) is 4.60. The molecule has 34 heavy (non-hydrogen) atoms. The van der Waals surface area contributed by atoms with Crippen LogP contribution in [-0.4, -0.2) is 46.7 Å². The second-order valence-corrected chi connectivity index (χ2v) is 8.91. The summed E-state index contributed by atoms with van der Waals surface area (Å²) in [6.07, 6.45) is 2.13. The van der Waals surface area contributed by atoms with Crippen LogP contribution < -0.4 is 16.4 Å². The van der Waals surface area contributed by atoms with Gasteiger partial charge in [-0.1, -0.05) is 36.4 Å². The van der Waals surface area contributed by atoms with Crippen LogP contribution in [0.2, 0.25) is 0 Å². The van der Waals surface area contributed by atoms with E-state index in [4.69, 9.17) is 10.7 Å². The van der Waals surface area contributed by atoms with Gasteiger partial charge in [0.1, 0.15) is 5.82 Å². The molecule has 4 N–H and O–H groups in total. The first-order valence-corrected chi connectivity index (χ1v) is 11.9. The molecule has 0 bridgehead atoms. The molecule has 2 heterocycles. The zero-order valence-corrected chi connectivity index (χ0v) is 19.3. The van der Waals surface area contributed by atoms with Crippen LogP contribution in [-0.2, 0) is 6.54 Å². The maximum atomic E-state index is 13.4. The normalized spacial score (nSPS) is 15.0. The van der Waals surface area contributed by atoms with Crippen molar-refractivity contribution in [1.82, 2.24) is 14.5 Å². The number of aromatic nitrogens is 2. The second kappa shape index (κ2) is 10.1. The summed E-state index contributed by atoms with van der Waals surface area (Å²) >= 11 is 0. The predicted molar refractivity (Wildman–Crippen MR) is 138 cm³/mol. The van der Waals surface area contributed by atoms with Crippen molar-refractivity contribution in [1.29, 1.82) is 0 Å². The molecule has 1 fully saturated rings. The Morgan fingerprint density at radius 2 is 1.68 bits per heavy atom. The standard InChI is InChI=1S/C27H31FN6/c28-21-11-9-20(10-12-21)19-34-26-8-4-3-7-25(26)32-27(34)31-22-13-16-33(17-14-22)18-15-30-24-6-2-1-5-23(24)29/h1-12,22,30H,13-19,29H2,(H,31,32). The van der Waals surface area contributed by atoms with Crippen molar-refractivity contribution in [2.75, 3.05) is 42.5 Å². The van der Waals surface area contributed by atoms with E-state index >= 15 is 0 Å². The van der Waals surface area contributed by atoms with Gasteiger partial charge in [-0.2, -0.15) is 0 Å². The number of benzene rings is 3. The van der Waals surface area contributed by atoms with Crippen molar-refractivity contribution in [2.24, 2.45) is 0 Å². The van der Waals surface area contributed by atoms with Crippen molar-refractivity contribution >= 4 is 28.4 Å². The molecule has 3 aromatic carbocycles. The van der Waals surface area contributed by atoms with Crippen LogP contribution in [0.15, 0.2) is 72.8 Å². The van der Waals surface area contributed by atoms with Crippen molar-refractivity contribution < 1.29 is 4.39 Å². The number of nitrogens with two attached hydrogens (primary N) is 1. The molecule has 5 rings (SSSR count). The van der Waals surface area contributed by atoms with E-state index in [1.54, 1.807) is 0 Å². The highest BCUT2D eigenvalue weighted by molar-refractivity contribution is 5.78. The molecule has 1 aliphatic rings. The molecule has 0 unspecified atom stereocenters. The third-order valence-corrected chi connectivity index (χ3v) is 6.53. The Morgan fingerprint density at radius 3 is 2.47 bits per heavy atom. The molecule has 0 aliphatic carbocycles. The minimum Gasteiger partial charge on any atom is -0.397 e. The van der Waals surface area contributed by atoms with Crippen LogP contribution >= 0.6 is 0 Å². The zero-order valence-electron chi connectivity index (χ0n) is 19.3. The molecule has 1 aliphatic heterocycles. The number of hydrogen-bond donors (Lipinski definition) is 3. The monoisotopic (exact) mass is 458 g/mol. The largest absolute Gasteiger partial charge is 0.397 e. The lowest BCUT2D eigenvalue weighted by atomic mass is 10.1. The lowest BCUT2D eigenvalue weighted by Gasteiger charge is -2.32. The fourth-order valence-corrected chi connectivity index (χ4v) is 4.61. The lowest BCUT2D eigenvalue weighted by Crippen LogP contribution is -2.41. The third kappa shape index (κ3) is 5.15. The number of nitrogens with one attached hydrogen (secondary N) is 2. The molecule has 4 aromatic rings. The molecule has 0 radical (unpaired) electrons. The van der Waals surface area contributed by atoms with E-state index < -0.39 is 0 Å². The van der Waals surface area contributed by atoms with Gasteiger partial charge in [0.25, 0.3) is 0 Å². The molecule has 176 valence electrons. The number of para-hydroxylation sites is 4. The van der Waals surface area contributed by atoms with Crippen molar-refractivity contribution in [3.63, 3.8) is 0 Å². The molecule has 0 saturated carbocycles. The van der Waals surface area contributed by atoms with Crippen molar-refractivity contribution in [3.8, 4) is 0 Å². The summed E-state index contributed by atoms with van der Waals surface area (Å²) in [5.41, 5.74) is 10.9. The SMILES string of the molecule is Nc1ccccc1NCCN1CCC(Nc2nc3ccccc3n2Cc2ccc(F)cc2)CC1. The Balaban J connectivity index is 1.19. The van der Waals surface area contributed by atoms with Gasteiger partial charge in [0.2, 0.25) is 5.95 Å². The van der Waals surface area contributed by atoms with E-state index in [9.17, 15) is 4.39 Å². The number of likely N-dealkylation sites (tertiary alicyclic amines) is 1. The molecule has 0 atom stereocenters. The van der Waals surface area contributed by atoms with Crippen LogP contribution in [0.1, 0.15) is 18.4 Å². The molecule has 0 amide bonds. The van der Waals surface area contributed by atoms with E-state index in [-0.39, 0.29) is 5.82 Å². The number of anilines is 3. The summed E-state index contributed by atoms with van der Waals surface area (Å²) in [5, 5.41) is 7.14. The van der Waals surface area contributed by atoms with Gasteiger partial charge in [0.15, 0.2) is 0 Å². The number of hydrogen-bond acceptors (Lipinski definition) is 5. The van der Waals surface area contributed by atoms with E-state index in [0.29, 0.717) is 12.6 Å². The Kier molecular flexibility index (Phi) is 6.62. The molecule has 0 spiro atoms. The fraction of sp³-hybridized carbons (Fsp3) is 0.296. The first-order chi connectivity index (χ1) is 16.7. The summed E-state index contributed by atoms with van der Waals surface area (Å²) in [5.74, 6) is 0.664. The summed E-state index contributed by atoms with van der Waals surface area (Å²) in [4.78, 5) is 7.37. The molecular weight excluding hydrogens is 427 g/mol. The maximum absolute atomic E-state index is 13.4. The number of imidazole rings is 1. The zero-order chi connectivity index (χ0) is 23.3. The van der Waals surface area contributed by atoms with E-state index in [1.165, 1.54) is 12.1 Å². The van der Waals surface area contributed by atoms with Gasteiger partial charge in [-0.05, 0) is 54.8 Å². The van der Waals surface area contributed by atoms with Gasteiger partial charge >= 0.3 is 0 Å². The van der Waals surface area contributed by atoms with E-state index in [0.717, 1.165) is 72.9 Å². The Morgan fingerprint density at radius 1 is 0.941 bits per heavy atom. The lowest BCUT2D eigenvalue weighted by molar-refractivity contribution is 0.226. The van der Waals surface area contributed by atoms with Gasteiger partial charge in [-0.15, -0.1) is 0 Å². The number of nitrogens with zero attached hydrogens (tertiary/aromatic N) is 3. The minimum absolute atomic E-state index is 0.216. The highest BCUT2D eigenvalue weighted by atomic mass is 19.1. The van der Waals surface area contributed by atoms with E-state index in [1.807, 2.05) is 54.6 Å². The maximum Gasteiger partial charge on any atom is 0.204 e. The van der Waals surface area contributed by atoms with Crippen LogP contribution in [0.3, 0.4) is 0 Å². The van der Waals surface area contributed by atoms with Crippen molar-refractivity contribution in [2.45, 2.75) is 25.4 Å². The first kappa shape index (κ1) is 22.2. The van der Waals surface area contributed by atoms with E-state index in [2.05, 4.69) is 26.2 Å². The molecule has 1 aromatic heterocycles. The van der Waals surface area contributed by atoms with Crippen LogP contribution in [0.4, 0.5) is 21.7 Å². The van der Waals surface area contributed by atoms with Crippen LogP contribution in [0, 0.1) is 5.82 Å². The Hall–Kier alpha value is -3.58. The highest BCUT2D eigenvalue weighted by Crippen LogP contribution is 2.24. The number of halogens is 1. The van der Waals surface area contributed by atoms with Crippen molar-refractivity contribution in [3.05, 3.63) is 84.2 Å². The van der Waals surface area contributed by atoms with Gasteiger partial charge in [0.05, 0.1) is 29.0 Å². The molecular formula is C27H31FN6. The highest BCUT2D eigenvalue weighted by Gasteiger charge is 2.21. The third-order valence-electron chi connectivity index (χ3n) is 6.53. The van der Waals surface area contributed by atoms with Gasteiger partial charge in [-0.3, -0.25) is 0 Å². The quantitative estimate of drug-likeness (QED) is 0.331. The average molecular weight is 459 g/mol. The minimum atomic E-state index is -0.216. The molecule has 1 saturated heterocycles. The molecule has 7 heteroatoms.